The first-order valence-electron chi connectivity index (χ1n) is 8.70. The van der Waals surface area contributed by atoms with Gasteiger partial charge < -0.3 is 14.8 Å². The summed E-state index contributed by atoms with van der Waals surface area (Å²) in [5.74, 6) is 1.22. The number of nitrogens with zero attached hydrogens (tertiary/aromatic N) is 1. The maximum absolute atomic E-state index is 12.3. The summed E-state index contributed by atoms with van der Waals surface area (Å²) in [5, 5.41) is 4.75. The molecule has 29 heavy (non-hydrogen) atoms. The molecule has 150 valence electrons. The van der Waals surface area contributed by atoms with Crippen LogP contribution in [-0.2, 0) is 21.2 Å². The first kappa shape index (κ1) is 19.2. The van der Waals surface area contributed by atoms with Gasteiger partial charge in [-0.05, 0) is 48.4 Å². The number of carbonyl (C=O) groups excluding carboxylic acids is 1. The summed E-state index contributed by atoms with van der Waals surface area (Å²) in [6.45, 7) is 0.213. The SMILES string of the molecule is O=C(CCc1ccc2c(c1)OCO2)Nc1ccc(S(=O)(=O)Nc2nccs2)cc1. The Balaban J connectivity index is 1.33. The number of ether oxygens (including phenoxy) is 2. The first-order chi connectivity index (χ1) is 14.0. The zero-order valence-electron chi connectivity index (χ0n) is 15.1. The molecule has 0 spiro atoms. The van der Waals surface area contributed by atoms with Gasteiger partial charge in [-0.3, -0.25) is 9.52 Å². The number of rotatable bonds is 7. The number of benzene rings is 2. The van der Waals surface area contributed by atoms with Gasteiger partial charge in [0.15, 0.2) is 16.6 Å². The number of carbonyl (C=O) groups is 1. The van der Waals surface area contributed by atoms with Crippen LogP contribution in [0.3, 0.4) is 0 Å². The van der Waals surface area contributed by atoms with Crippen molar-refractivity contribution in [3.05, 3.63) is 59.6 Å². The third kappa shape index (κ3) is 4.66. The van der Waals surface area contributed by atoms with Crippen LogP contribution in [0.5, 0.6) is 11.5 Å². The van der Waals surface area contributed by atoms with E-state index in [1.54, 1.807) is 17.5 Å². The molecule has 4 rings (SSSR count). The average molecular weight is 431 g/mol. The fourth-order valence-electron chi connectivity index (χ4n) is 2.74. The Hall–Kier alpha value is -3.11. The minimum absolute atomic E-state index is 0.0889. The van der Waals surface area contributed by atoms with Crippen molar-refractivity contribution < 1.29 is 22.7 Å². The molecule has 0 saturated heterocycles. The van der Waals surface area contributed by atoms with Gasteiger partial charge >= 0.3 is 0 Å². The molecule has 3 aromatic rings. The molecule has 1 aliphatic rings. The number of thiazole rings is 1. The summed E-state index contributed by atoms with van der Waals surface area (Å²) >= 11 is 1.19. The molecule has 10 heteroatoms. The third-order valence-electron chi connectivity index (χ3n) is 4.18. The molecular formula is C19H17N3O5S2. The molecule has 0 radical (unpaired) electrons. The molecule has 8 nitrogen and oxygen atoms in total. The molecule has 0 unspecified atom stereocenters. The van der Waals surface area contributed by atoms with Crippen molar-refractivity contribution in [3.63, 3.8) is 0 Å². The predicted molar refractivity (Wildman–Crippen MR) is 109 cm³/mol. The maximum Gasteiger partial charge on any atom is 0.263 e. The number of hydrogen-bond acceptors (Lipinski definition) is 7. The highest BCUT2D eigenvalue weighted by Crippen LogP contribution is 2.32. The van der Waals surface area contributed by atoms with E-state index in [-0.39, 0.29) is 24.0 Å². The van der Waals surface area contributed by atoms with Crippen LogP contribution in [-0.4, -0.2) is 26.1 Å². The van der Waals surface area contributed by atoms with E-state index in [4.69, 9.17) is 9.47 Å². The Bertz CT molecular complexity index is 1110. The van der Waals surface area contributed by atoms with Crippen molar-refractivity contribution in [1.82, 2.24) is 4.98 Å². The molecule has 1 aromatic heterocycles. The fraction of sp³-hybridized carbons (Fsp3) is 0.158. The molecule has 1 amide bonds. The van der Waals surface area contributed by atoms with Gasteiger partial charge in [-0.25, -0.2) is 13.4 Å². The van der Waals surface area contributed by atoms with Crippen molar-refractivity contribution in [2.24, 2.45) is 0 Å². The molecular weight excluding hydrogens is 414 g/mol. The van der Waals surface area contributed by atoms with E-state index >= 15 is 0 Å². The summed E-state index contributed by atoms with van der Waals surface area (Å²) < 4.78 is 37.7. The Kier molecular flexibility index (Phi) is 5.36. The van der Waals surface area contributed by atoms with E-state index in [1.165, 1.54) is 29.7 Å². The van der Waals surface area contributed by atoms with Gasteiger partial charge in [-0.1, -0.05) is 6.07 Å². The predicted octanol–water partition coefficient (Wildman–Crippen LogP) is 3.24. The normalized spacial score (nSPS) is 12.6. The number of aryl methyl sites for hydroxylation is 1. The Morgan fingerprint density at radius 1 is 1.10 bits per heavy atom. The minimum atomic E-state index is -3.72. The Labute approximate surface area is 171 Å². The minimum Gasteiger partial charge on any atom is -0.454 e. The van der Waals surface area contributed by atoms with Crippen LogP contribution in [0.25, 0.3) is 0 Å². The van der Waals surface area contributed by atoms with Gasteiger partial charge in [-0.15, -0.1) is 11.3 Å². The molecule has 0 bridgehead atoms. The van der Waals surface area contributed by atoms with Gasteiger partial charge in [-0.2, -0.15) is 0 Å². The number of fused-ring (bicyclic) bond motifs is 1. The van der Waals surface area contributed by atoms with Crippen LogP contribution in [0.1, 0.15) is 12.0 Å². The van der Waals surface area contributed by atoms with E-state index in [9.17, 15) is 13.2 Å². The lowest BCUT2D eigenvalue weighted by atomic mass is 10.1. The topological polar surface area (TPSA) is 107 Å². The molecule has 0 aliphatic carbocycles. The number of amides is 1. The second kappa shape index (κ2) is 8.10. The summed E-state index contributed by atoms with van der Waals surface area (Å²) in [6.07, 6.45) is 2.35. The lowest BCUT2D eigenvalue weighted by molar-refractivity contribution is -0.116. The first-order valence-corrected chi connectivity index (χ1v) is 11.1. The average Bonchev–Trinajstić information content (AvgIpc) is 3.37. The molecule has 2 heterocycles. The zero-order valence-corrected chi connectivity index (χ0v) is 16.8. The largest absolute Gasteiger partial charge is 0.454 e. The van der Waals surface area contributed by atoms with Crippen LogP contribution < -0.4 is 19.5 Å². The van der Waals surface area contributed by atoms with Crippen molar-refractivity contribution in [2.45, 2.75) is 17.7 Å². The lowest BCUT2D eigenvalue weighted by Crippen LogP contribution is -2.14. The van der Waals surface area contributed by atoms with E-state index in [1.807, 2.05) is 18.2 Å². The monoisotopic (exact) mass is 431 g/mol. The van der Waals surface area contributed by atoms with Crippen molar-refractivity contribution in [2.75, 3.05) is 16.8 Å². The highest BCUT2D eigenvalue weighted by molar-refractivity contribution is 7.93. The second-order valence-corrected chi connectivity index (χ2v) is 8.78. The molecule has 2 aromatic carbocycles. The summed E-state index contributed by atoms with van der Waals surface area (Å²) in [5.41, 5.74) is 1.49. The molecule has 2 N–H and O–H groups in total. The Morgan fingerprint density at radius 2 is 1.90 bits per heavy atom. The fourth-order valence-corrected chi connectivity index (χ4v) is 4.53. The molecule has 0 saturated carbocycles. The highest BCUT2D eigenvalue weighted by Gasteiger charge is 2.16. The van der Waals surface area contributed by atoms with Gasteiger partial charge in [0.2, 0.25) is 12.7 Å². The summed E-state index contributed by atoms with van der Waals surface area (Å²) in [4.78, 5) is 16.2. The number of nitrogens with one attached hydrogen (secondary N) is 2. The van der Waals surface area contributed by atoms with Crippen molar-refractivity contribution in [3.8, 4) is 11.5 Å². The van der Waals surface area contributed by atoms with Gasteiger partial charge in [0.05, 0.1) is 4.90 Å². The number of aromatic nitrogens is 1. The standard InChI is InChI=1S/C19H17N3O5S2/c23-18(8-2-13-1-7-16-17(11-13)27-12-26-16)21-14-3-5-15(6-4-14)29(24,25)22-19-20-9-10-28-19/h1,3-7,9-11H,2,8,12H2,(H,20,22)(H,21,23). The van der Waals surface area contributed by atoms with Gasteiger partial charge in [0.1, 0.15) is 0 Å². The van der Waals surface area contributed by atoms with Crippen molar-refractivity contribution >= 4 is 38.1 Å². The van der Waals surface area contributed by atoms with E-state index in [0.29, 0.717) is 28.7 Å². The quantitative estimate of drug-likeness (QED) is 0.595. The summed E-state index contributed by atoms with van der Waals surface area (Å²) in [7, 11) is -3.72. The van der Waals surface area contributed by atoms with Crippen molar-refractivity contribution in [1.29, 1.82) is 0 Å². The van der Waals surface area contributed by atoms with Gasteiger partial charge in [0, 0.05) is 23.7 Å². The van der Waals surface area contributed by atoms with Crippen LogP contribution >= 0.6 is 11.3 Å². The molecule has 0 atom stereocenters. The number of sulfonamides is 1. The number of anilines is 2. The lowest BCUT2D eigenvalue weighted by Gasteiger charge is -2.08. The maximum atomic E-state index is 12.3. The van der Waals surface area contributed by atoms with Crippen LogP contribution in [0.15, 0.2) is 58.9 Å². The molecule has 0 fully saturated rings. The smallest absolute Gasteiger partial charge is 0.263 e. The number of hydrogen-bond donors (Lipinski definition) is 2. The highest BCUT2D eigenvalue weighted by atomic mass is 32.2. The second-order valence-electron chi connectivity index (χ2n) is 6.20. The van der Waals surface area contributed by atoms with Crippen LogP contribution in [0.2, 0.25) is 0 Å². The van der Waals surface area contributed by atoms with Crippen LogP contribution in [0.4, 0.5) is 10.8 Å². The van der Waals surface area contributed by atoms with Gasteiger partial charge in [0.25, 0.3) is 10.0 Å². The Morgan fingerprint density at radius 3 is 2.66 bits per heavy atom. The van der Waals surface area contributed by atoms with E-state index < -0.39 is 10.0 Å². The van der Waals surface area contributed by atoms with E-state index in [2.05, 4.69) is 15.0 Å². The summed E-state index contributed by atoms with van der Waals surface area (Å²) in [6, 6.07) is 11.6. The zero-order chi connectivity index (χ0) is 20.3. The van der Waals surface area contributed by atoms with Crippen LogP contribution in [0, 0.1) is 0 Å². The molecule has 1 aliphatic heterocycles. The van der Waals surface area contributed by atoms with E-state index in [0.717, 1.165) is 5.56 Å². The third-order valence-corrected chi connectivity index (χ3v) is 6.35.